The fraction of sp³-hybridized carbons (Fsp3) is 0.444. The summed E-state index contributed by atoms with van der Waals surface area (Å²) in [6, 6.07) is 4.40. The number of rotatable bonds is 2. The zero-order chi connectivity index (χ0) is 17.1. The fourth-order valence-electron chi connectivity index (χ4n) is 3.13. The van der Waals surface area contributed by atoms with Crippen LogP contribution in [0.4, 0.5) is 4.39 Å². The van der Waals surface area contributed by atoms with E-state index in [2.05, 4.69) is 5.16 Å². The van der Waals surface area contributed by atoms with E-state index in [1.807, 2.05) is 4.90 Å². The first-order valence-corrected chi connectivity index (χ1v) is 8.67. The van der Waals surface area contributed by atoms with E-state index in [-0.39, 0.29) is 22.2 Å². The number of hydrogen-bond donors (Lipinski definition) is 0. The van der Waals surface area contributed by atoms with Crippen LogP contribution in [-0.4, -0.2) is 29.1 Å². The average molecular weight is 351 g/mol. The number of aromatic nitrogens is 1. The van der Waals surface area contributed by atoms with Crippen LogP contribution >= 0.6 is 11.6 Å². The Hall–Kier alpha value is -1.88. The van der Waals surface area contributed by atoms with E-state index >= 15 is 0 Å². The highest BCUT2D eigenvalue weighted by molar-refractivity contribution is 6.33. The van der Waals surface area contributed by atoms with Crippen LogP contribution in [0, 0.1) is 12.7 Å². The minimum Gasteiger partial charge on any atom is -0.360 e. The molecule has 1 fully saturated rings. The Labute approximate surface area is 145 Å². The van der Waals surface area contributed by atoms with Crippen molar-refractivity contribution in [1.29, 1.82) is 0 Å². The van der Waals surface area contributed by atoms with Gasteiger partial charge < -0.3 is 9.42 Å². The molecule has 6 heteroatoms. The zero-order valence-corrected chi connectivity index (χ0v) is 14.4. The number of hydrogen-bond acceptors (Lipinski definition) is 3. The lowest BCUT2D eigenvalue weighted by Gasteiger charge is -2.24. The highest BCUT2D eigenvalue weighted by Crippen LogP contribution is 2.34. The highest BCUT2D eigenvalue weighted by Gasteiger charge is 2.28. The van der Waals surface area contributed by atoms with Crippen LogP contribution in [0.1, 0.15) is 48.2 Å². The summed E-state index contributed by atoms with van der Waals surface area (Å²) in [5.41, 5.74) is 0.608. The Balaban J connectivity index is 1.99. The van der Waals surface area contributed by atoms with Crippen LogP contribution in [0.15, 0.2) is 22.7 Å². The molecule has 0 saturated carbocycles. The summed E-state index contributed by atoms with van der Waals surface area (Å²) in [5, 5.41) is 4.13. The van der Waals surface area contributed by atoms with Gasteiger partial charge in [-0.3, -0.25) is 4.79 Å². The van der Waals surface area contributed by atoms with E-state index in [0.717, 1.165) is 25.7 Å². The van der Waals surface area contributed by atoms with Crippen molar-refractivity contribution in [3.8, 4) is 11.3 Å². The van der Waals surface area contributed by atoms with E-state index < -0.39 is 5.82 Å². The number of nitrogens with zero attached hydrogens (tertiary/aromatic N) is 2. The Kier molecular flexibility index (Phi) is 5.19. The molecule has 128 valence electrons. The van der Waals surface area contributed by atoms with E-state index in [0.29, 0.717) is 24.4 Å². The Morgan fingerprint density at radius 3 is 2.54 bits per heavy atom. The molecule has 24 heavy (non-hydrogen) atoms. The van der Waals surface area contributed by atoms with Gasteiger partial charge in [0.05, 0.1) is 10.6 Å². The summed E-state index contributed by atoms with van der Waals surface area (Å²) in [6.45, 7) is 3.07. The quantitative estimate of drug-likeness (QED) is 0.777. The van der Waals surface area contributed by atoms with Crippen LogP contribution in [0.2, 0.25) is 5.02 Å². The molecule has 1 aromatic carbocycles. The molecule has 0 radical (unpaired) electrons. The molecule has 4 nitrogen and oxygen atoms in total. The predicted octanol–water partition coefficient (Wildman–Crippen LogP) is 4.85. The molecule has 1 saturated heterocycles. The predicted molar refractivity (Wildman–Crippen MR) is 90.6 cm³/mol. The summed E-state index contributed by atoms with van der Waals surface area (Å²) in [5.74, 6) is -0.293. The van der Waals surface area contributed by atoms with Gasteiger partial charge in [0.1, 0.15) is 22.8 Å². The lowest BCUT2D eigenvalue weighted by atomic mass is 10.0. The molecule has 2 heterocycles. The lowest BCUT2D eigenvalue weighted by Crippen LogP contribution is -2.34. The average Bonchev–Trinajstić information content (AvgIpc) is 2.88. The van der Waals surface area contributed by atoms with Crippen molar-refractivity contribution in [1.82, 2.24) is 10.1 Å². The van der Waals surface area contributed by atoms with Crippen LogP contribution in [-0.2, 0) is 0 Å². The number of carbonyl (C=O) groups excluding carboxylic acids is 1. The molecule has 0 spiro atoms. The van der Waals surface area contributed by atoms with Gasteiger partial charge in [0.15, 0.2) is 0 Å². The number of aryl methyl sites for hydroxylation is 1. The van der Waals surface area contributed by atoms with Crippen molar-refractivity contribution in [2.75, 3.05) is 13.1 Å². The largest absolute Gasteiger partial charge is 0.360 e. The van der Waals surface area contributed by atoms with Crippen molar-refractivity contribution < 1.29 is 13.7 Å². The van der Waals surface area contributed by atoms with Crippen molar-refractivity contribution in [2.45, 2.75) is 39.0 Å². The van der Waals surface area contributed by atoms with Crippen LogP contribution in [0.3, 0.4) is 0 Å². The summed E-state index contributed by atoms with van der Waals surface area (Å²) in [7, 11) is 0. The highest BCUT2D eigenvalue weighted by atomic mass is 35.5. The van der Waals surface area contributed by atoms with Crippen molar-refractivity contribution in [3.63, 3.8) is 0 Å². The molecule has 3 rings (SSSR count). The summed E-state index contributed by atoms with van der Waals surface area (Å²) < 4.78 is 19.5. The van der Waals surface area contributed by atoms with E-state index in [1.54, 1.807) is 13.0 Å². The second-order valence-corrected chi connectivity index (χ2v) is 6.53. The van der Waals surface area contributed by atoms with E-state index in [4.69, 9.17) is 16.1 Å². The lowest BCUT2D eigenvalue weighted by molar-refractivity contribution is 0.0741. The third-order valence-electron chi connectivity index (χ3n) is 4.42. The summed E-state index contributed by atoms with van der Waals surface area (Å²) in [4.78, 5) is 14.8. The van der Waals surface area contributed by atoms with Gasteiger partial charge in [0.25, 0.3) is 5.91 Å². The molecule has 1 aromatic heterocycles. The molecule has 2 aromatic rings. The zero-order valence-electron chi connectivity index (χ0n) is 13.6. The number of halogens is 2. The Morgan fingerprint density at radius 1 is 1.21 bits per heavy atom. The van der Waals surface area contributed by atoms with Crippen molar-refractivity contribution >= 4 is 17.5 Å². The standard InChI is InChI=1S/C18H20ClFN2O2/c1-12-15(18(23)22-10-5-3-2-4-6-11-22)17(21-24-12)16-13(19)8-7-9-14(16)20/h7-9H,2-6,10-11H2,1H3. The minimum atomic E-state index is -0.516. The Morgan fingerprint density at radius 2 is 1.88 bits per heavy atom. The molecule has 1 aliphatic heterocycles. The molecule has 0 atom stereocenters. The van der Waals surface area contributed by atoms with Crippen LogP contribution in [0.5, 0.6) is 0 Å². The van der Waals surface area contributed by atoms with Gasteiger partial charge in [-0.1, -0.05) is 42.1 Å². The maximum atomic E-state index is 14.3. The topological polar surface area (TPSA) is 46.3 Å². The molecular formula is C18H20ClFN2O2. The van der Waals surface area contributed by atoms with Crippen LogP contribution in [0.25, 0.3) is 11.3 Å². The smallest absolute Gasteiger partial charge is 0.259 e. The maximum absolute atomic E-state index is 14.3. The molecule has 1 amide bonds. The fourth-order valence-corrected chi connectivity index (χ4v) is 3.38. The van der Waals surface area contributed by atoms with E-state index in [9.17, 15) is 9.18 Å². The molecule has 0 N–H and O–H groups in total. The first kappa shape index (κ1) is 17.0. The summed E-state index contributed by atoms with van der Waals surface area (Å²) in [6.07, 6.45) is 5.42. The molecule has 0 aliphatic carbocycles. The maximum Gasteiger partial charge on any atom is 0.259 e. The second-order valence-electron chi connectivity index (χ2n) is 6.12. The van der Waals surface area contributed by atoms with Gasteiger partial charge in [-0.2, -0.15) is 0 Å². The van der Waals surface area contributed by atoms with Gasteiger partial charge in [0, 0.05) is 13.1 Å². The van der Waals surface area contributed by atoms with Crippen molar-refractivity contribution in [2.24, 2.45) is 0 Å². The normalized spacial score (nSPS) is 15.9. The first-order valence-electron chi connectivity index (χ1n) is 8.29. The number of carbonyl (C=O) groups is 1. The third kappa shape index (κ3) is 3.31. The van der Waals surface area contributed by atoms with Crippen molar-refractivity contribution in [3.05, 3.63) is 40.4 Å². The minimum absolute atomic E-state index is 0.117. The van der Waals surface area contributed by atoms with Gasteiger partial charge in [-0.25, -0.2) is 4.39 Å². The van der Waals surface area contributed by atoms with Gasteiger partial charge in [0.2, 0.25) is 0 Å². The second kappa shape index (κ2) is 7.34. The molecule has 0 unspecified atom stereocenters. The first-order chi connectivity index (χ1) is 11.6. The third-order valence-corrected chi connectivity index (χ3v) is 4.73. The van der Waals surface area contributed by atoms with Crippen LogP contribution < -0.4 is 0 Å². The van der Waals surface area contributed by atoms with E-state index in [1.165, 1.54) is 18.6 Å². The van der Waals surface area contributed by atoms with Gasteiger partial charge in [-0.05, 0) is 31.9 Å². The number of likely N-dealkylation sites (tertiary alicyclic amines) is 1. The number of benzene rings is 1. The molecule has 0 bridgehead atoms. The number of amides is 1. The van der Waals surface area contributed by atoms with Gasteiger partial charge >= 0.3 is 0 Å². The summed E-state index contributed by atoms with van der Waals surface area (Å²) >= 11 is 6.14. The monoisotopic (exact) mass is 350 g/mol. The Bertz CT molecular complexity index is 716. The van der Waals surface area contributed by atoms with Gasteiger partial charge in [-0.15, -0.1) is 0 Å². The SMILES string of the molecule is Cc1onc(-c2c(F)cccc2Cl)c1C(=O)N1CCCCCCC1. The molecule has 1 aliphatic rings. The molecular weight excluding hydrogens is 331 g/mol.